The smallest absolute Gasteiger partial charge is 0.255 e. The minimum Gasteiger partial charge on any atom is -0.376 e. The van der Waals surface area contributed by atoms with Gasteiger partial charge in [0, 0.05) is 44.0 Å². The van der Waals surface area contributed by atoms with Gasteiger partial charge in [-0.05, 0) is 31.7 Å². The summed E-state index contributed by atoms with van der Waals surface area (Å²) in [6.45, 7) is 1.77. The molecule has 23 heavy (non-hydrogen) atoms. The van der Waals surface area contributed by atoms with Crippen LogP contribution in [0.25, 0.3) is 0 Å². The van der Waals surface area contributed by atoms with Gasteiger partial charge in [-0.15, -0.1) is 0 Å². The Morgan fingerprint density at radius 2 is 2.13 bits per heavy atom. The molecule has 1 aliphatic carbocycles. The van der Waals surface area contributed by atoms with Crippen LogP contribution in [0.15, 0.2) is 18.5 Å². The van der Waals surface area contributed by atoms with E-state index in [2.05, 4.69) is 10.3 Å². The highest BCUT2D eigenvalue weighted by molar-refractivity contribution is 5.94. The van der Waals surface area contributed by atoms with Crippen LogP contribution in [0.5, 0.6) is 0 Å². The number of ether oxygens (including phenoxy) is 1. The summed E-state index contributed by atoms with van der Waals surface area (Å²) in [5.41, 5.74) is 0.639. The number of nitrogens with one attached hydrogen (secondary N) is 2. The van der Waals surface area contributed by atoms with E-state index in [9.17, 15) is 9.59 Å². The van der Waals surface area contributed by atoms with Gasteiger partial charge in [0.05, 0.1) is 17.6 Å². The van der Waals surface area contributed by atoms with E-state index in [-0.39, 0.29) is 29.8 Å². The number of carbonyl (C=O) groups is 2. The van der Waals surface area contributed by atoms with Crippen molar-refractivity contribution in [3.8, 4) is 0 Å². The van der Waals surface area contributed by atoms with Gasteiger partial charge >= 0.3 is 0 Å². The Morgan fingerprint density at radius 1 is 1.26 bits per heavy atom. The van der Waals surface area contributed by atoms with Crippen molar-refractivity contribution in [3.63, 3.8) is 0 Å². The summed E-state index contributed by atoms with van der Waals surface area (Å²) in [6.07, 6.45) is 7.70. The Bertz CT molecular complexity index is 582. The first-order valence-corrected chi connectivity index (χ1v) is 8.56. The predicted molar refractivity (Wildman–Crippen MR) is 83.8 cm³/mol. The highest BCUT2D eigenvalue weighted by Gasteiger charge is 2.45. The van der Waals surface area contributed by atoms with Crippen molar-refractivity contribution in [2.24, 2.45) is 11.8 Å². The second kappa shape index (κ2) is 6.00. The lowest BCUT2D eigenvalue weighted by molar-refractivity contribution is -0.131. The molecule has 3 heterocycles. The molecule has 0 radical (unpaired) electrons. The number of likely N-dealkylation sites (tertiary alicyclic amines) is 1. The summed E-state index contributed by atoms with van der Waals surface area (Å²) in [5.74, 6) is 0.161. The number of H-pyrrole nitrogens is 1. The van der Waals surface area contributed by atoms with Gasteiger partial charge in [0.25, 0.3) is 5.91 Å². The Morgan fingerprint density at radius 3 is 2.83 bits per heavy atom. The first-order valence-electron chi connectivity index (χ1n) is 8.56. The summed E-state index contributed by atoms with van der Waals surface area (Å²) in [5, 5.41) is 3.15. The number of carbonyl (C=O) groups excluding carboxylic acids is 2. The van der Waals surface area contributed by atoms with Gasteiger partial charge in [-0.3, -0.25) is 9.59 Å². The largest absolute Gasteiger partial charge is 0.376 e. The summed E-state index contributed by atoms with van der Waals surface area (Å²) < 4.78 is 5.80. The minimum absolute atomic E-state index is 0.0104. The van der Waals surface area contributed by atoms with E-state index in [0.29, 0.717) is 31.3 Å². The van der Waals surface area contributed by atoms with Crippen LogP contribution in [0.3, 0.4) is 0 Å². The molecule has 2 aliphatic heterocycles. The predicted octanol–water partition coefficient (Wildman–Crippen LogP) is 1.16. The van der Waals surface area contributed by atoms with Crippen molar-refractivity contribution in [2.45, 2.75) is 37.8 Å². The fraction of sp³-hybridized carbons (Fsp3) is 0.647. The molecule has 1 aromatic rings. The van der Waals surface area contributed by atoms with Crippen molar-refractivity contribution < 1.29 is 14.3 Å². The fourth-order valence-corrected chi connectivity index (χ4v) is 3.92. The Balaban J connectivity index is 1.49. The van der Waals surface area contributed by atoms with Crippen LogP contribution >= 0.6 is 0 Å². The van der Waals surface area contributed by atoms with Crippen LogP contribution < -0.4 is 5.32 Å². The van der Waals surface area contributed by atoms with Crippen molar-refractivity contribution in [2.75, 3.05) is 19.7 Å². The zero-order valence-electron chi connectivity index (χ0n) is 13.2. The van der Waals surface area contributed by atoms with E-state index in [0.717, 1.165) is 19.3 Å². The number of nitrogens with zero attached hydrogens (tertiary/aromatic N) is 1. The number of fused-ring (bicyclic) bond motifs is 1. The van der Waals surface area contributed by atoms with Crippen LogP contribution in [0, 0.1) is 11.8 Å². The van der Waals surface area contributed by atoms with Crippen LogP contribution in [0.1, 0.15) is 36.0 Å². The van der Waals surface area contributed by atoms with Crippen LogP contribution in [0.4, 0.5) is 0 Å². The van der Waals surface area contributed by atoms with Crippen molar-refractivity contribution in [3.05, 3.63) is 24.0 Å². The zero-order valence-corrected chi connectivity index (χ0v) is 13.2. The van der Waals surface area contributed by atoms with Crippen LogP contribution in [-0.2, 0) is 9.53 Å². The third-order valence-corrected chi connectivity index (χ3v) is 5.52. The van der Waals surface area contributed by atoms with Gasteiger partial charge in [-0.2, -0.15) is 0 Å². The molecule has 0 spiro atoms. The van der Waals surface area contributed by atoms with E-state index in [1.807, 2.05) is 0 Å². The highest BCUT2D eigenvalue weighted by atomic mass is 16.5. The zero-order chi connectivity index (χ0) is 15.8. The first-order chi connectivity index (χ1) is 11.2. The lowest BCUT2D eigenvalue weighted by Gasteiger charge is -2.40. The molecular formula is C17H23N3O3. The van der Waals surface area contributed by atoms with Gasteiger partial charge < -0.3 is 19.9 Å². The Labute approximate surface area is 135 Å². The summed E-state index contributed by atoms with van der Waals surface area (Å²) in [6, 6.07) is 2.10. The highest BCUT2D eigenvalue weighted by Crippen LogP contribution is 2.35. The van der Waals surface area contributed by atoms with Gasteiger partial charge in [0.1, 0.15) is 0 Å². The van der Waals surface area contributed by atoms with Gasteiger partial charge in [0.2, 0.25) is 5.91 Å². The normalized spacial score (nSPS) is 30.6. The molecule has 124 valence electrons. The minimum atomic E-state index is -0.153. The molecule has 1 aromatic heterocycles. The molecule has 6 heteroatoms. The third kappa shape index (κ3) is 2.76. The Kier molecular flexibility index (Phi) is 3.85. The molecule has 0 bridgehead atoms. The number of hydrogen-bond donors (Lipinski definition) is 2. The molecular weight excluding hydrogens is 294 g/mol. The van der Waals surface area contributed by atoms with E-state index >= 15 is 0 Å². The summed E-state index contributed by atoms with van der Waals surface area (Å²) in [4.78, 5) is 30.0. The second-order valence-electron chi connectivity index (χ2n) is 6.91. The monoisotopic (exact) mass is 317 g/mol. The lowest BCUT2D eigenvalue weighted by atomic mass is 9.81. The van der Waals surface area contributed by atoms with Gasteiger partial charge in [-0.25, -0.2) is 0 Å². The van der Waals surface area contributed by atoms with E-state index < -0.39 is 0 Å². The maximum absolute atomic E-state index is 12.7. The first kappa shape index (κ1) is 14.8. The maximum Gasteiger partial charge on any atom is 0.255 e. The Hall–Kier alpha value is -1.82. The topological polar surface area (TPSA) is 74.4 Å². The molecule has 0 unspecified atom stereocenters. The van der Waals surface area contributed by atoms with Crippen molar-refractivity contribution in [1.82, 2.24) is 15.2 Å². The molecule has 2 amide bonds. The van der Waals surface area contributed by atoms with Gasteiger partial charge in [0.15, 0.2) is 0 Å². The van der Waals surface area contributed by atoms with Crippen LogP contribution in [0.2, 0.25) is 0 Å². The molecule has 2 saturated heterocycles. The van der Waals surface area contributed by atoms with Crippen molar-refractivity contribution in [1.29, 1.82) is 0 Å². The average molecular weight is 317 g/mol. The molecule has 3 fully saturated rings. The number of piperidine rings is 1. The molecule has 3 aliphatic rings. The van der Waals surface area contributed by atoms with E-state index in [4.69, 9.17) is 4.74 Å². The second-order valence-corrected chi connectivity index (χ2v) is 6.91. The van der Waals surface area contributed by atoms with Crippen LogP contribution in [-0.4, -0.2) is 53.5 Å². The van der Waals surface area contributed by atoms with Crippen molar-refractivity contribution >= 4 is 11.8 Å². The number of hydrogen-bond acceptors (Lipinski definition) is 3. The number of amides is 2. The molecule has 1 saturated carbocycles. The molecule has 3 atom stereocenters. The average Bonchev–Trinajstić information content (AvgIpc) is 3.19. The molecule has 6 nitrogen and oxygen atoms in total. The fourth-order valence-electron chi connectivity index (χ4n) is 3.92. The SMILES string of the molecule is O=C(NC1CCC1)[C@@H]1CN(C(=O)c2cc[nH]c2)C[C@H]2OCC[C@H]21. The van der Waals surface area contributed by atoms with E-state index in [1.54, 1.807) is 23.4 Å². The number of rotatable bonds is 3. The summed E-state index contributed by atoms with van der Waals surface area (Å²) >= 11 is 0. The quantitative estimate of drug-likeness (QED) is 0.878. The van der Waals surface area contributed by atoms with E-state index in [1.165, 1.54) is 6.42 Å². The summed E-state index contributed by atoms with van der Waals surface area (Å²) in [7, 11) is 0. The van der Waals surface area contributed by atoms with Gasteiger partial charge in [-0.1, -0.05) is 0 Å². The molecule has 2 N–H and O–H groups in total. The molecule has 4 rings (SSSR count). The standard InChI is InChI=1S/C17H23N3O3/c21-16(19-12-2-1-3-12)14-9-20(10-15-13(14)5-7-23-15)17(22)11-4-6-18-8-11/h4,6,8,12-15,18H,1-3,5,7,9-10H2,(H,19,21)/t13-,14+,15+/m0/s1. The maximum atomic E-state index is 12.7. The number of aromatic nitrogens is 1. The molecule has 0 aromatic carbocycles. The third-order valence-electron chi connectivity index (χ3n) is 5.52. The number of aromatic amines is 1. The lowest BCUT2D eigenvalue weighted by Crippen LogP contribution is -2.55.